The van der Waals surface area contributed by atoms with E-state index in [0.717, 1.165) is 14.0 Å². The fraction of sp³-hybridized carbons (Fsp3) is 0.364. The topological polar surface area (TPSA) is 35.5 Å². The van der Waals surface area contributed by atoms with Crippen LogP contribution in [0.3, 0.4) is 0 Å². The Morgan fingerprint density at radius 1 is 1.33 bits per heavy atom. The minimum absolute atomic E-state index is 0.166. The second-order valence-electron chi connectivity index (χ2n) is 3.19. The third kappa shape index (κ3) is 2.09. The van der Waals surface area contributed by atoms with Crippen LogP contribution in [0.1, 0.15) is 12.5 Å². The lowest BCUT2D eigenvalue weighted by atomic mass is 9.97. The molecule has 82 valence electrons. The van der Waals surface area contributed by atoms with E-state index in [-0.39, 0.29) is 5.56 Å². The van der Waals surface area contributed by atoms with Gasteiger partial charge in [-0.2, -0.15) is 0 Å². The number of carbonyl (C=O) groups is 1. The fourth-order valence-electron chi connectivity index (χ4n) is 1.33. The molecule has 0 aromatic heterocycles. The molecule has 0 aliphatic rings. The molecule has 0 heterocycles. The van der Waals surface area contributed by atoms with Gasteiger partial charge in [-0.15, -0.1) is 0 Å². The normalized spacial score (nSPS) is 14.1. The molecule has 0 aliphatic carbocycles. The number of methoxy groups -OCH3 is 2. The number of para-hydroxylation sites is 1. The van der Waals surface area contributed by atoms with Gasteiger partial charge in [-0.25, -0.2) is 9.18 Å². The predicted molar refractivity (Wildman–Crippen MR) is 53.5 cm³/mol. The van der Waals surface area contributed by atoms with Gasteiger partial charge in [0.05, 0.1) is 14.2 Å². The lowest BCUT2D eigenvalue weighted by Crippen LogP contribution is -2.29. The number of hydrogen-bond acceptors (Lipinski definition) is 3. The highest BCUT2D eigenvalue weighted by molar-refractivity contribution is 5.81. The molecule has 1 atom stereocenters. The van der Waals surface area contributed by atoms with E-state index in [9.17, 15) is 9.18 Å². The van der Waals surface area contributed by atoms with Gasteiger partial charge in [-0.05, 0) is 13.0 Å². The van der Waals surface area contributed by atoms with E-state index >= 15 is 0 Å². The number of ether oxygens (including phenoxy) is 2. The molecule has 4 heteroatoms. The van der Waals surface area contributed by atoms with Crippen LogP contribution < -0.4 is 4.74 Å². The number of carbonyl (C=O) groups excluding carboxylic acids is 1. The number of benzene rings is 1. The van der Waals surface area contributed by atoms with Crippen LogP contribution in [0, 0.1) is 0 Å². The quantitative estimate of drug-likeness (QED) is 0.719. The van der Waals surface area contributed by atoms with Crippen molar-refractivity contribution in [2.45, 2.75) is 12.6 Å². The SMILES string of the molecule is COC(=O)C(C)(F)c1ccccc1OC. The molecule has 0 spiro atoms. The lowest BCUT2D eigenvalue weighted by molar-refractivity contribution is -0.154. The van der Waals surface area contributed by atoms with Crippen LogP contribution in [0.25, 0.3) is 0 Å². The van der Waals surface area contributed by atoms with E-state index < -0.39 is 11.6 Å². The molecule has 1 aromatic rings. The molecular weight excluding hydrogens is 199 g/mol. The van der Waals surface area contributed by atoms with E-state index in [1.165, 1.54) is 13.2 Å². The Morgan fingerprint density at radius 2 is 1.93 bits per heavy atom. The van der Waals surface area contributed by atoms with Crippen molar-refractivity contribution in [2.24, 2.45) is 0 Å². The summed E-state index contributed by atoms with van der Waals surface area (Å²) in [6, 6.07) is 6.43. The molecule has 0 amide bonds. The van der Waals surface area contributed by atoms with Crippen molar-refractivity contribution in [3.8, 4) is 5.75 Å². The van der Waals surface area contributed by atoms with Crippen molar-refractivity contribution >= 4 is 5.97 Å². The first-order chi connectivity index (χ1) is 7.04. The van der Waals surface area contributed by atoms with Gasteiger partial charge in [0.25, 0.3) is 0 Å². The largest absolute Gasteiger partial charge is 0.496 e. The number of alkyl halides is 1. The van der Waals surface area contributed by atoms with Crippen molar-refractivity contribution < 1.29 is 18.7 Å². The average molecular weight is 212 g/mol. The monoisotopic (exact) mass is 212 g/mol. The average Bonchev–Trinajstić information content (AvgIpc) is 2.27. The van der Waals surface area contributed by atoms with Gasteiger partial charge < -0.3 is 9.47 Å². The Morgan fingerprint density at radius 3 is 2.47 bits per heavy atom. The molecule has 3 nitrogen and oxygen atoms in total. The van der Waals surface area contributed by atoms with E-state index in [2.05, 4.69) is 4.74 Å². The van der Waals surface area contributed by atoms with Gasteiger partial charge in [0.1, 0.15) is 5.75 Å². The van der Waals surface area contributed by atoms with Gasteiger partial charge in [0.15, 0.2) is 0 Å². The van der Waals surface area contributed by atoms with Gasteiger partial charge in [-0.1, -0.05) is 18.2 Å². The highest BCUT2D eigenvalue weighted by atomic mass is 19.1. The summed E-state index contributed by atoms with van der Waals surface area (Å²) in [5, 5.41) is 0. The minimum atomic E-state index is -2.19. The van der Waals surface area contributed by atoms with E-state index in [1.54, 1.807) is 18.2 Å². The summed E-state index contributed by atoms with van der Waals surface area (Å²) in [6.07, 6.45) is 0. The van der Waals surface area contributed by atoms with Gasteiger partial charge in [-0.3, -0.25) is 0 Å². The fourth-order valence-corrected chi connectivity index (χ4v) is 1.33. The zero-order valence-electron chi connectivity index (χ0n) is 8.91. The van der Waals surface area contributed by atoms with Gasteiger partial charge in [0, 0.05) is 5.56 Å². The first kappa shape index (κ1) is 11.5. The Bertz CT molecular complexity index is 361. The van der Waals surface area contributed by atoms with Crippen molar-refractivity contribution in [1.29, 1.82) is 0 Å². The maximum absolute atomic E-state index is 14.1. The Balaban J connectivity index is 3.19. The maximum Gasteiger partial charge on any atom is 0.348 e. The maximum atomic E-state index is 14.1. The molecule has 0 bridgehead atoms. The summed E-state index contributed by atoms with van der Waals surface area (Å²) in [5.41, 5.74) is -2.03. The van der Waals surface area contributed by atoms with E-state index in [0.29, 0.717) is 5.75 Å². The number of rotatable bonds is 3. The zero-order chi connectivity index (χ0) is 11.5. The Kier molecular flexibility index (Phi) is 3.29. The molecule has 1 unspecified atom stereocenters. The van der Waals surface area contributed by atoms with Gasteiger partial charge in [0.2, 0.25) is 5.67 Å². The van der Waals surface area contributed by atoms with Crippen molar-refractivity contribution in [2.75, 3.05) is 14.2 Å². The van der Waals surface area contributed by atoms with Crippen LogP contribution >= 0.6 is 0 Å². The first-order valence-electron chi connectivity index (χ1n) is 4.45. The highest BCUT2D eigenvalue weighted by Gasteiger charge is 2.38. The molecule has 0 fully saturated rings. The molecule has 0 saturated heterocycles. The molecule has 15 heavy (non-hydrogen) atoms. The van der Waals surface area contributed by atoms with E-state index in [4.69, 9.17) is 4.74 Å². The Labute approximate surface area is 87.8 Å². The van der Waals surface area contributed by atoms with Crippen LogP contribution in [0.5, 0.6) is 5.75 Å². The molecular formula is C11H13FO3. The number of halogens is 1. The summed E-state index contributed by atoms with van der Waals surface area (Å²) in [4.78, 5) is 11.2. The third-order valence-electron chi connectivity index (χ3n) is 2.18. The van der Waals surface area contributed by atoms with Crippen molar-refractivity contribution in [1.82, 2.24) is 0 Å². The second-order valence-corrected chi connectivity index (χ2v) is 3.19. The molecule has 1 rings (SSSR count). The number of hydrogen-bond donors (Lipinski definition) is 0. The molecule has 0 saturated carbocycles. The summed E-state index contributed by atoms with van der Waals surface area (Å²) in [5.74, 6) is -0.611. The summed E-state index contributed by atoms with van der Waals surface area (Å²) < 4.78 is 23.5. The standard InChI is InChI=1S/C11H13FO3/c1-11(12,10(13)15-3)8-6-4-5-7-9(8)14-2/h4-7H,1-3H3. The van der Waals surface area contributed by atoms with Crippen LogP contribution in [0.2, 0.25) is 0 Å². The predicted octanol–water partition coefficient (Wildman–Crippen LogP) is 2.05. The Hall–Kier alpha value is -1.58. The molecule has 0 aliphatic heterocycles. The zero-order valence-corrected chi connectivity index (χ0v) is 8.91. The highest BCUT2D eigenvalue weighted by Crippen LogP contribution is 2.33. The minimum Gasteiger partial charge on any atom is -0.496 e. The van der Waals surface area contributed by atoms with Crippen molar-refractivity contribution in [3.63, 3.8) is 0 Å². The lowest BCUT2D eigenvalue weighted by Gasteiger charge is -2.20. The summed E-state index contributed by atoms with van der Waals surface area (Å²) >= 11 is 0. The molecule has 0 N–H and O–H groups in total. The van der Waals surface area contributed by atoms with Crippen molar-refractivity contribution in [3.05, 3.63) is 29.8 Å². The summed E-state index contributed by atoms with van der Waals surface area (Å²) in [6.45, 7) is 1.15. The van der Waals surface area contributed by atoms with Gasteiger partial charge >= 0.3 is 5.97 Å². The summed E-state index contributed by atoms with van der Waals surface area (Å²) in [7, 11) is 2.57. The molecule has 0 radical (unpaired) electrons. The third-order valence-corrected chi connectivity index (χ3v) is 2.18. The van der Waals surface area contributed by atoms with E-state index in [1.807, 2.05) is 0 Å². The van der Waals surface area contributed by atoms with Crippen LogP contribution in [0.15, 0.2) is 24.3 Å². The van der Waals surface area contributed by atoms with Crippen LogP contribution in [-0.4, -0.2) is 20.2 Å². The molecule has 1 aromatic carbocycles. The first-order valence-corrected chi connectivity index (χ1v) is 4.45. The number of esters is 1. The van der Waals surface area contributed by atoms with Crippen LogP contribution in [-0.2, 0) is 15.2 Å². The second kappa shape index (κ2) is 4.29. The smallest absolute Gasteiger partial charge is 0.348 e. The van der Waals surface area contributed by atoms with Crippen LogP contribution in [0.4, 0.5) is 4.39 Å².